The van der Waals surface area contributed by atoms with Gasteiger partial charge in [-0.2, -0.15) is 0 Å². The zero-order chi connectivity index (χ0) is 45.2. The molecule has 0 radical (unpaired) electrons. The third kappa shape index (κ3) is 23.9. The predicted octanol–water partition coefficient (Wildman–Crippen LogP) is 5.56. The van der Waals surface area contributed by atoms with E-state index in [2.05, 4.69) is 86.8 Å². The first-order valence-corrected chi connectivity index (χ1v) is 23.0. The van der Waals surface area contributed by atoms with Crippen molar-refractivity contribution in [3.63, 3.8) is 0 Å². The fourth-order valence-corrected chi connectivity index (χ4v) is 6.66. The van der Waals surface area contributed by atoms with Gasteiger partial charge in [0.15, 0.2) is 12.6 Å². The third-order valence-electron chi connectivity index (χ3n) is 10.4. The van der Waals surface area contributed by atoms with Crippen molar-refractivity contribution in [3.8, 4) is 0 Å². The van der Waals surface area contributed by atoms with Crippen LogP contribution in [0.4, 0.5) is 0 Å². The van der Waals surface area contributed by atoms with Crippen molar-refractivity contribution >= 4 is 5.97 Å². The Morgan fingerprint density at radius 3 is 1.66 bits per heavy atom. The number of allylic oxidation sites excluding steroid dienone is 12. The molecular formula is C48H80O14. The van der Waals surface area contributed by atoms with E-state index in [0.717, 1.165) is 96.3 Å². The van der Waals surface area contributed by atoms with Gasteiger partial charge in [-0.15, -0.1) is 0 Å². The highest BCUT2D eigenvalue weighted by molar-refractivity contribution is 5.69. The Morgan fingerprint density at radius 2 is 1.05 bits per heavy atom. The minimum atomic E-state index is -1.72. The van der Waals surface area contributed by atoms with E-state index < -0.39 is 86.7 Å². The molecule has 2 aliphatic rings. The maximum Gasteiger partial charge on any atom is 0.306 e. The topological polar surface area (TPSA) is 214 Å². The number of esters is 1. The van der Waals surface area contributed by atoms with E-state index in [1.165, 1.54) is 0 Å². The zero-order valence-electron chi connectivity index (χ0n) is 37.3. The molecule has 0 amide bonds. The van der Waals surface area contributed by atoms with Crippen LogP contribution in [0.15, 0.2) is 72.9 Å². The van der Waals surface area contributed by atoms with Crippen LogP contribution in [0.1, 0.15) is 123 Å². The average Bonchev–Trinajstić information content (AvgIpc) is 3.27. The molecule has 7 N–H and O–H groups in total. The molecule has 2 rings (SSSR count). The van der Waals surface area contributed by atoms with Crippen LogP contribution in [0.3, 0.4) is 0 Å². The highest BCUT2D eigenvalue weighted by Crippen LogP contribution is 2.26. The molecule has 0 aromatic heterocycles. The Balaban J connectivity index is 1.82. The van der Waals surface area contributed by atoms with Gasteiger partial charge in [0.1, 0.15) is 54.9 Å². The third-order valence-corrected chi connectivity index (χ3v) is 10.4. The van der Waals surface area contributed by atoms with Crippen molar-refractivity contribution < 1.29 is 69.0 Å². The fraction of sp³-hybridized carbons (Fsp3) is 0.729. The van der Waals surface area contributed by atoms with E-state index in [1.54, 1.807) is 0 Å². The lowest BCUT2D eigenvalue weighted by Crippen LogP contribution is -2.61. The standard InChI is InChI=1S/C48H80O14/c1-3-5-7-9-11-13-15-16-17-18-19-20-21-22-24-26-28-30-32-57-34-37(60-40(50)31-29-27-25-23-14-12-10-8-6-4-2)35-58-47-46(56)44(54)42(52)39(62-47)36-59-48-45(55)43(53)41(51)38(33-49)61-48/h5,7-8,10-11,13,16-17,19-20,22,24,37-39,41-49,51-56H,3-4,6,9,12,14-15,18,21,23,25-36H2,1-2H3/b7-5-,10-8-,13-11-,17-16-,20-19-,24-22-. The van der Waals surface area contributed by atoms with Gasteiger partial charge in [-0.05, 0) is 77.0 Å². The summed E-state index contributed by atoms with van der Waals surface area (Å²) in [5, 5.41) is 71.9. The van der Waals surface area contributed by atoms with Crippen LogP contribution >= 0.6 is 0 Å². The maximum absolute atomic E-state index is 12.9. The molecule has 14 nitrogen and oxygen atoms in total. The number of unbranched alkanes of at least 4 members (excludes halogenated alkanes) is 8. The molecule has 0 aromatic rings. The molecule has 14 heteroatoms. The summed E-state index contributed by atoms with van der Waals surface area (Å²) in [5.74, 6) is -0.408. The normalized spacial score (nSPS) is 27.9. The molecule has 0 spiro atoms. The van der Waals surface area contributed by atoms with E-state index in [9.17, 15) is 40.5 Å². The smallest absolute Gasteiger partial charge is 0.306 e. The summed E-state index contributed by atoms with van der Waals surface area (Å²) < 4.78 is 34.0. The monoisotopic (exact) mass is 881 g/mol. The van der Waals surface area contributed by atoms with Crippen molar-refractivity contribution in [1.29, 1.82) is 0 Å². The second kappa shape index (κ2) is 35.7. The molecular weight excluding hydrogens is 801 g/mol. The molecule has 2 aliphatic heterocycles. The van der Waals surface area contributed by atoms with E-state index in [0.29, 0.717) is 13.0 Å². The highest BCUT2D eigenvalue weighted by atomic mass is 16.7. The van der Waals surface area contributed by atoms with E-state index >= 15 is 0 Å². The lowest BCUT2D eigenvalue weighted by atomic mass is 9.98. The van der Waals surface area contributed by atoms with Crippen molar-refractivity contribution in [2.24, 2.45) is 0 Å². The van der Waals surface area contributed by atoms with Crippen LogP contribution in [0.2, 0.25) is 0 Å². The first-order valence-electron chi connectivity index (χ1n) is 23.0. The predicted molar refractivity (Wildman–Crippen MR) is 238 cm³/mol. The van der Waals surface area contributed by atoms with Crippen LogP contribution < -0.4 is 0 Å². The first kappa shape index (κ1) is 55.6. The lowest BCUT2D eigenvalue weighted by molar-refractivity contribution is -0.332. The maximum atomic E-state index is 12.9. The first-order chi connectivity index (χ1) is 30.1. The number of carbonyl (C=O) groups excluding carboxylic acids is 1. The summed E-state index contributed by atoms with van der Waals surface area (Å²) >= 11 is 0. The number of carbonyl (C=O) groups is 1. The molecule has 356 valence electrons. The molecule has 0 aliphatic carbocycles. The van der Waals surface area contributed by atoms with Gasteiger partial charge in [-0.3, -0.25) is 4.79 Å². The molecule has 2 saturated heterocycles. The largest absolute Gasteiger partial charge is 0.457 e. The van der Waals surface area contributed by atoms with Crippen molar-refractivity contribution in [2.75, 3.05) is 33.0 Å². The van der Waals surface area contributed by atoms with Gasteiger partial charge in [0.25, 0.3) is 0 Å². The second-order valence-electron chi connectivity index (χ2n) is 15.8. The highest BCUT2D eigenvalue weighted by Gasteiger charge is 2.47. The number of rotatable bonds is 34. The van der Waals surface area contributed by atoms with Gasteiger partial charge in [-0.1, -0.05) is 112 Å². The lowest BCUT2D eigenvalue weighted by Gasteiger charge is -2.42. The number of hydrogen-bond donors (Lipinski definition) is 7. The molecule has 11 atom stereocenters. The van der Waals surface area contributed by atoms with E-state index in [-0.39, 0.29) is 19.6 Å². The Labute approximate surface area is 370 Å². The molecule has 11 unspecified atom stereocenters. The van der Waals surface area contributed by atoms with E-state index in [1.807, 2.05) is 0 Å². The van der Waals surface area contributed by atoms with E-state index in [4.69, 9.17) is 28.4 Å². The molecule has 2 heterocycles. The van der Waals surface area contributed by atoms with Crippen LogP contribution in [0.5, 0.6) is 0 Å². The van der Waals surface area contributed by atoms with Gasteiger partial charge in [0, 0.05) is 13.0 Å². The minimum absolute atomic E-state index is 0.0244. The average molecular weight is 881 g/mol. The Kier molecular flexibility index (Phi) is 32.0. The Bertz CT molecular complexity index is 1300. The number of ether oxygens (including phenoxy) is 6. The number of aliphatic hydroxyl groups excluding tert-OH is 7. The van der Waals surface area contributed by atoms with Crippen LogP contribution in [-0.2, 0) is 33.2 Å². The Hall–Kier alpha value is -2.57. The van der Waals surface area contributed by atoms with Crippen molar-refractivity contribution in [1.82, 2.24) is 0 Å². The second-order valence-corrected chi connectivity index (χ2v) is 15.8. The van der Waals surface area contributed by atoms with Crippen LogP contribution in [0, 0.1) is 0 Å². The number of hydrogen-bond acceptors (Lipinski definition) is 14. The van der Waals surface area contributed by atoms with Gasteiger partial charge in [0.2, 0.25) is 0 Å². The van der Waals surface area contributed by atoms with Crippen molar-refractivity contribution in [2.45, 2.75) is 191 Å². The van der Waals surface area contributed by atoms with Gasteiger partial charge < -0.3 is 64.2 Å². The van der Waals surface area contributed by atoms with Crippen molar-refractivity contribution in [3.05, 3.63) is 72.9 Å². The summed E-state index contributed by atoms with van der Waals surface area (Å²) in [4.78, 5) is 12.9. The van der Waals surface area contributed by atoms with Gasteiger partial charge in [-0.25, -0.2) is 0 Å². The van der Waals surface area contributed by atoms with Gasteiger partial charge in [0.05, 0.1) is 26.4 Å². The summed E-state index contributed by atoms with van der Waals surface area (Å²) in [6, 6.07) is 0. The molecule has 0 bridgehead atoms. The zero-order valence-corrected chi connectivity index (χ0v) is 37.3. The molecule has 2 fully saturated rings. The molecule has 0 aromatic carbocycles. The SMILES string of the molecule is CC/C=C\C/C=C\C/C=C\C/C=C\C/C=C\CCCCOCC(COC1OC(COC2OC(CO)C(O)C(O)C2O)C(O)C(O)C1O)OC(=O)CCCCCCC/C=C\CCC. The summed E-state index contributed by atoms with van der Waals surface area (Å²) in [6.07, 6.45) is 25.6. The van der Waals surface area contributed by atoms with Gasteiger partial charge >= 0.3 is 5.97 Å². The minimum Gasteiger partial charge on any atom is -0.457 e. The fourth-order valence-electron chi connectivity index (χ4n) is 6.66. The summed E-state index contributed by atoms with van der Waals surface area (Å²) in [7, 11) is 0. The quantitative estimate of drug-likeness (QED) is 0.0240. The Morgan fingerprint density at radius 1 is 0.548 bits per heavy atom. The molecule has 62 heavy (non-hydrogen) atoms. The number of aliphatic hydroxyl groups is 7. The van der Waals surface area contributed by atoms with Crippen LogP contribution in [0.25, 0.3) is 0 Å². The summed E-state index contributed by atoms with van der Waals surface area (Å²) in [6.45, 7) is 3.34. The van der Waals surface area contributed by atoms with Crippen LogP contribution in [-0.4, -0.2) is 142 Å². The summed E-state index contributed by atoms with van der Waals surface area (Å²) in [5.41, 5.74) is 0. The molecule has 0 saturated carbocycles.